The minimum absolute atomic E-state index is 0.126. The molecule has 2 bridgehead atoms. The van der Waals surface area contributed by atoms with Crippen LogP contribution < -0.4 is 14.4 Å². The first-order valence-electron chi connectivity index (χ1n) is 18.9. The SMILES string of the molecule is CO[C@]1(C#CCCN2CCOCC2)/C=C/C[C@H](C)[C@@H](C)S(=O)(=O)NC(=O)c2ccc3c(c2)N(C[C@@H]2CC[C@H]21)C[C@@]1(CCCc2cc(Cl)ccc21)CO3. The second-order valence-corrected chi connectivity index (χ2v) is 18.0. The fourth-order valence-electron chi connectivity index (χ4n) is 8.89. The Kier molecular flexibility index (Phi) is 11.0. The lowest BCUT2D eigenvalue weighted by Gasteiger charge is -2.48. The fraction of sp³-hybridized carbons (Fsp3) is 0.585. The van der Waals surface area contributed by atoms with Crippen LogP contribution in [0.1, 0.15) is 73.9 Å². The van der Waals surface area contributed by atoms with E-state index >= 15 is 0 Å². The van der Waals surface area contributed by atoms with Crippen molar-refractivity contribution in [1.82, 2.24) is 9.62 Å². The number of amides is 1. The zero-order valence-corrected chi connectivity index (χ0v) is 32.2. The topological polar surface area (TPSA) is 97.4 Å². The predicted octanol–water partition coefficient (Wildman–Crippen LogP) is 5.99. The highest BCUT2D eigenvalue weighted by Gasteiger charge is 2.48. The molecule has 1 N–H and O–H groups in total. The summed E-state index contributed by atoms with van der Waals surface area (Å²) in [4.78, 5) is 18.4. The Morgan fingerprint density at radius 1 is 1.12 bits per heavy atom. The molecule has 3 heterocycles. The Morgan fingerprint density at radius 3 is 2.71 bits per heavy atom. The van der Waals surface area contributed by atoms with Gasteiger partial charge < -0.3 is 19.1 Å². The van der Waals surface area contributed by atoms with Gasteiger partial charge in [0.1, 0.15) is 11.4 Å². The van der Waals surface area contributed by atoms with Crippen LogP contribution in [0.5, 0.6) is 5.75 Å². The van der Waals surface area contributed by atoms with Crippen molar-refractivity contribution in [3.8, 4) is 17.6 Å². The van der Waals surface area contributed by atoms with Crippen LogP contribution in [0.25, 0.3) is 0 Å². The highest BCUT2D eigenvalue weighted by atomic mass is 35.5. The highest BCUT2D eigenvalue weighted by molar-refractivity contribution is 7.90. The number of nitrogens with one attached hydrogen (secondary N) is 1. The van der Waals surface area contributed by atoms with Gasteiger partial charge in [-0.3, -0.25) is 9.69 Å². The number of ether oxygens (including phenoxy) is 3. The number of morpholine rings is 1. The molecule has 1 spiro atoms. The number of hydrogen-bond acceptors (Lipinski definition) is 8. The smallest absolute Gasteiger partial charge is 0.264 e. The van der Waals surface area contributed by atoms with E-state index < -0.39 is 26.8 Å². The monoisotopic (exact) mass is 749 g/mol. The van der Waals surface area contributed by atoms with Crippen molar-refractivity contribution in [2.45, 2.75) is 75.1 Å². The van der Waals surface area contributed by atoms with Crippen LogP contribution >= 0.6 is 11.6 Å². The predicted molar refractivity (Wildman–Crippen MR) is 205 cm³/mol. The van der Waals surface area contributed by atoms with Crippen molar-refractivity contribution >= 4 is 33.2 Å². The Balaban J connectivity index is 1.28. The largest absolute Gasteiger partial charge is 0.490 e. The summed E-state index contributed by atoms with van der Waals surface area (Å²) in [6.07, 6.45) is 10.3. The summed E-state index contributed by atoms with van der Waals surface area (Å²) in [5, 5.41) is -0.0670. The fourth-order valence-corrected chi connectivity index (χ4v) is 10.4. The molecule has 0 aromatic heterocycles. The molecule has 6 atom stereocenters. The van der Waals surface area contributed by atoms with Gasteiger partial charge >= 0.3 is 0 Å². The summed E-state index contributed by atoms with van der Waals surface area (Å²) in [6.45, 7) is 9.70. The third-order valence-corrected chi connectivity index (χ3v) is 14.5. The van der Waals surface area contributed by atoms with Crippen molar-refractivity contribution in [1.29, 1.82) is 0 Å². The summed E-state index contributed by atoms with van der Waals surface area (Å²) >= 11 is 6.48. The molecule has 0 radical (unpaired) electrons. The molecule has 3 aliphatic heterocycles. The van der Waals surface area contributed by atoms with Gasteiger partial charge in [0, 0.05) is 68.2 Å². The molecule has 1 amide bonds. The third kappa shape index (κ3) is 7.50. The molecule has 2 aliphatic carbocycles. The Bertz CT molecular complexity index is 1850. The third-order valence-electron chi connectivity index (χ3n) is 12.4. The molecule has 11 heteroatoms. The van der Waals surface area contributed by atoms with Gasteiger partial charge in [-0.25, -0.2) is 13.1 Å². The van der Waals surface area contributed by atoms with Crippen molar-refractivity contribution in [3.05, 3.63) is 70.3 Å². The number of halogens is 1. The van der Waals surface area contributed by atoms with Gasteiger partial charge in [0.15, 0.2) is 0 Å². The second kappa shape index (κ2) is 15.3. The zero-order chi connectivity index (χ0) is 36.5. The summed E-state index contributed by atoms with van der Waals surface area (Å²) in [7, 11) is -2.22. The Labute approximate surface area is 314 Å². The molecule has 5 aliphatic rings. The summed E-state index contributed by atoms with van der Waals surface area (Å²) in [5.41, 5.74) is 2.51. The molecular weight excluding hydrogens is 698 g/mol. The molecule has 7 rings (SSSR count). The van der Waals surface area contributed by atoms with E-state index in [1.165, 1.54) is 11.1 Å². The molecule has 0 unspecified atom stereocenters. The molecule has 2 fully saturated rings. The average Bonchev–Trinajstić information content (AvgIpc) is 3.27. The van der Waals surface area contributed by atoms with Gasteiger partial charge in [0.05, 0.1) is 30.8 Å². The van der Waals surface area contributed by atoms with E-state index in [2.05, 4.69) is 44.6 Å². The quantitative estimate of drug-likeness (QED) is 0.302. The van der Waals surface area contributed by atoms with Gasteiger partial charge in [-0.2, -0.15) is 0 Å². The number of allylic oxidation sites excluding steroid dienone is 1. The van der Waals surface area contributed by atoms with Gasteiger partial charge in [-0.15, -0.1) is 0 Å². The van der Waals surface area contributed by atoms with Crippen molar-refractivity contribution in [2.24, 2.45) is 17.8 Å². The van der Waals surface area contributed by atoms with Gasteiger partial charge in [-0.1, -0.05) is 42.5 Å². The van der Waals surface area contributed by atoms with E-state index in [0.717, 1.165) is 88.6 Å². The first kappa shape index (κ1) is 37.3. The maximum atomic E-state index is 13.6. The molecule has 52 heavy (non-hydrogen) atoms. The highest BCUT2D eigenvalue weighted by Crippen LogP contribution is 2.49. The molecule has 2 aromatic rings. The number of rotatable bonds is 3. The molecule has 280 valence electrons. The van der Waals surface area contributed by atoms with Gasteiger partial charge in [-0.05, 0) is 105 Å². The van der Waals surface area contributed by atoms with E-state index in [0.29, 0.717) is 25.3 Å². The van der Waals surface area contributed by atoms with Crippen LogP contribution in [0, 0.1) is 29.6 Å². The number of anilines is 1. The van der Waals surface area contributed by atoms with E-state index in [4.69, 9.17) is 25.8 Å². The summed E-state index contributed by atoms with van der Waals surface area (Å²) in [5.74, 6) is 7.30. The molecular formula is C41H52ClN3O6S. The van der Waals surface area contributed by atoms with E-state index in [1.807, 2.05) is 31.2 Å². The van der Waals surface area contributed by atoms with Gasteiger partial charge in [0.25, 0.3) is 5.91 Å². The Hall–Kier alpha value is -3.07. The first-order chi connectivity index (χ1) is 25.0. The van der Waals surface area contributed by atoms with E-state index in [9.17, 15) is 13.2 Å². The number of aryl methyl sites for hydroxylation is 1. The lowest BCUT2D eigenvalue weighted by Crippen LogP contribution is -2.52. The molecule has 9 nitrogen and oxygen atoms in total. The molecule has 2 aromatic carbocycles. The Morgan fingerprint density at radius 2 is 1.94 bits per heavy atom. The van der Waals surface area contributed by atoms with E-state index in [-0.39, 0.29) is 28.7 Å². The van der Waals surface area contributed by atoms with Crippen LogP contribution in [-0.2, 0) is 31.3 Å². The van der Waals surface area contributed by atoms with Crippen molar-refractivity contribution in [3.63, 3.8) is 0 Å². The second-order valence-electron chi connectivity index (χ2n) is 15.5. The zero-order valence-electron chi connectivity index (χ0n) is 30.7. The van der Waals surface area contributed by atoms with Crippen LogP contribution in [0.3, 0.4) is 0 Å². The van der Waals surface area contributed by atoms with Crippen molar-refractivity contribution in [2.75, 3.05) is 64.6 Å². The number of fused-ring (bicyclic) bond motifs is 4. The minimum atomic E-state index is -3.97. The van der Waals surface area contributed by atoms with Gasteiger partial charge in [0.2, 0.25) is 10.0 Å². The molecule has 1 saturated heterocycles. The van der Waals surface area contributed by atoms with Crippen LogP contribution in [0.2, 0.25) is 5.02 Å². The number of carbonyl (C=O) groups excluding carboxylic acids is 1. The molecule has 1 saturated carbocycles. The average molecular weight is 750 g/mol. The number of methoxy groups -OCH3 is 1. The van der Waals surface area contributed by atoms with Crippen LogP contribution in [-0.4, -0.2) is 89.7 Å². The van der Waals surface area contributed by atoms with Crippen LogP contribution in [0.15, 0.2) is 48.6 Å². The van der Waals surface area contributed by atoms with Crippen molar-refractivity contribution < 1.29 is 27.4 Å². The summed E-state index contributed by atoms with van der Waals surface area (Å²) < 4.78 is 48.1. The number of nitrogens with zero attached hydrogens (tertiary/aromatic N) is 2. The lowest BCUT2D eigenvalue weighted by molar-refractivity contribution is -0.0351. The lowest BCUT2D eigenvalue weighted by atomic mass is 9.64. The number of sulfonamides is 1. The summed E-state index contributed by atoms with van der Waals surface area (Å²) in [6, 6.07) is 11.5. The minimum Gasteiger partial charge on any atom is -0.490 e. The number of carbonyl (C=O) groups is 1. The number of benzene rings is 2. The van der Waals surface area contributed by atoms with E-state index in [1.54, 1.807) is 20.1 Å². The normalized spacial score (nSPS) is 32.5. The maximum absolute atomic E-state index is 13.6. The number of hydrogen-bond donors (Lipinski definition) is 1. The first-order valence-corrected chi connectivity index (χ1v) is 20.8. The standard InChI is InChI=1S/C41H52ClN3O6S/c1-29-8-6-18-41(49-3,17-4-5-19-44-20-22-50-23-21-44)36-13-10-33(36)26-45-27-40(16-7-9-31-24-34(42)12-14-35(31)40)28-51-38-15-11-32(25-37(38)45)39(46)43-52(47,48)30(29)2/h6,11-12,14-15,18,24-25,29-30,33,36H,5,7-10,13,16,19-23,26-28H2,1-3H3,(H,43,46)/b18-6+/t29-,30+,33-,36+,40-,41+/m0/s1. The van der Waals surface area contributed by atoms with Crippen LogP contribution in [0.4, 0.5) is 5.69 Å². The maximum Gasteiger partial charge on any atom is 0.264 e.